The first-order chi connectivity index (χ1) is 12.1. The highest BCUT2D eigenvalue weighted by molar-refractivity contribution is 5.60. The molecule has 0 aromatic carbocycles. The number of pyridine rings is 1. The third-order valence-electron chi connectivity index (χ3n) is 4.75. The SMILES string of the molecule is Cc1noc(C)c1C(C)Nc1nc(-c2ccncc2)nc2c1CCC2. The van der Waals surface area contributed by atoms with Crippen molar-refractivity contribution in [2.75, 3.05) is 5.32 Å². The molecule has 0 saturated heterocycles. The molecule has 0 fully saturated rings. The lowest BCUT2D eigenvalue weighted by molar-refractivity contribution is 0.392. The van der Waals surface area contributed by atoms with Gasteiger partial charge in [0.1, 0.15) is 11.6 Å². The number of aryl methyl sites for hydroxylation is 3. The third-order valence-corrected chi connectivity index (χ3v) is 4.75. The van der Waals surface area contributed by atoms with Gasteiger partial charge in [0, 0.05) is 34.8 Å². The number of hydrogen-bond acceptors (Lipinski definition) is 6. The van der Waals surface area contributed by atoms with Gasteiger partial charge < -0.3 is 9.84 Å². The molecule has 6 nitrogen and oxygen atoms in total. The van der Waals surface area contributed by atoms with Crippen LogP contribution in [0, 0.1) is 13.8 Å². The van der Waals surface area contributed by atoms with E-state index in [0.717, 1.165) is 59.2 Å². The van der Waals surface area contributed by atoms with Crippen molar-refractivity contribution < 1.29 is 4.52 Å². The fourth-order valence-corrected chi connectivity index (χ4v) is 3.57. The number of anilines is 1. The predicted octanol–water partition coefficient (Wildman–Crippen LogP) is 3.81. The van der Waals surface area contributed by atoms with E-state index in [1.165, 1.54) is 5.56 Å². The summed E-state index contributed by atoms with van der Waals surface area (Å²) in [7, 11) is 0. The second kappa shape index (κ2) is 6.27. The minimum atomic E-state index is 0.0659. The largest absolute Gasteiger partial charge is 0.363 e. The zero-order valence-electron chi connectivity index (χ0n) is 14.7. The molecule has 0 aliphatic heterocycles. The summed E-state index contributed by atoms with van der Waals surface area (Å²) in [5.41, 5.74) is 5.37. The molecule has 1 aliphatic carbocycles. The molecule has 6 heteroatoms. The highest BCUT2D eigenvalue weighted by Crippen LogP contribution is 2.32. The molecule has 0 radical (unpaired) electrons. The third kappa shape index (κ3) is 2.88. The molecular weight excluding hydrogens is 314 g/mol. The van der Waals surface area contributed by atoms with Crippen molar-refractivity contribution in [1.29, 1.82) is 0 Å². The van der Waals surface area contributed by atoms with Gasteiger partial charge in [0.05, 0.1) is 11.7 Å². The summed E-state index contributed by atoms with van der Waals surface area (Å²) in [5, 5.41) is 7.63. The van der Waals surface area contributed by atoms with Crippen LogP contribution in [0.1, 0.15) is 47.7 Å². The smallest absolute Gasteiger partial charge is 0.161 e. The number of aromatic nitrogens is 4. The number of nitrogens with one attached hydrogen (secondary N) is 1. The van der Waals surface area contributed by atoms with E-state index in [9.17, 15) is 0 Å². The Morgan fingerprint density at radius 2 is 1.92 bits per heavy atom. The quantitative estimate of drug-likeness (QED) is 0.781. The molecule has 128 valence electrons. The normalized spacial score (nSPS) is 14.4. The number of nitrogens with zero attached hydrogens (tertiary/aromatic N) is 4. The fourth-order valence-electron chi connectivity index (χ4n) is 3.57. The molecule has 0 spiro atoms. The first-order valence-corrected chi connectivity index (χ1v) is 8.63. The Morgan fingerprint density at radius 1 is 1.12 bits per heavy atom. The van der Waals surface area contributed by atoms with E-state index in [1.54, 1.807) is 12.4 Å². The lowest BCUT2D eigenvalue weighted by Gasteiger charge is -2.18. The molecule has 1 atom stereocenters. The molecule has 1 unspecified atom stereocenters. The van der Waals surface area contributed by atoms with E-state index in [-0.39, 0.29) is 6.04 Å². The maximum Gasteiger partial charge on any atom is 0.161 e. The molecule has 1 N–H and O–H groups in total. The summed E-state index contributed by atoms with van der Waals surface area (Å²) in [4.78, 5) is 13.7. The summed E-state index contributed by atoms with van der Waals surface area (Å²) in [5.74, 6) is 2.51. The zero-order chi connectivity index (χ0) is 17.4. The average Bonchev–Trinajstić information content (AvgIpc) is 3.22. The maximum atomic E-state index is 5.31. The van der Waals surface area contributed by atoms with Crippen LogP contribution in [-0.2, 0) is 12.8 Å². The first-order valence-electron chi connectivity index (χ1n) is 8.63. The molecule has 3 aromatic heterocycles. The average molecular weight is 335 g/mol. The van der Waals surface area contributed by atoms with Gasteiger partial charge in [-0.15, -0.1) is 0 Å². The van der Waals surface area contributed by atoms with E-state index >= 15 is 0 Å². The van der Waals surface area contributed by atoms with Gasteiger partial charge in [0.15, 0.2) is 5.82 Å². The summed E-state index contributed by atoms with van der Waals surface area (Å²) >= 11 is 0. The second-order valence-corrected chi connectivity index (χ2v) is 6.51. The lowest BCUT2D eigenvalue weighted by Crippen LogP contribution is -2.13. The van der Waals surface area contributed by atoms with Gasteiger partial charge in [-0.05, 0) is 52.2 Å². The monoisotopic (exact) mass is 335 g/mol. The lowest BCUT2D eigenvalue weighted by atomic mass is 10.1. The number of hydrogen-bond donors (Lipinski definition) is 1. The van der Waals surface area contributed by atoms with E-state index < -0.39 is 0 Å². The van der Waals surface area contributed by atoms with Crippen molar-refractivity contribution in [3.05, 3.63) is 52.8 Å². The van der Waals surface area contributed by atoms with Crippen LogP contribution in [0.3, 0.4) is 0 Å². The van der Waals surface area contributed by atoms with Gasteiger partial charge in [0.25, 0.3) is 0 Å². The van der Waals surface area contributed by atoms with Gasteiger partial charge in [-0.2, -0.15) is 0 Å². The van der Waals surface area contributed by atoms with Crippen LogP contribution in [0.5, 0.6) is 0 Å². The standard InChI is InChI=1S/C19H21N5O/c1-11(17-12(2)24-25-13(17)3)21-19-15-5-4-6-16(15)22-18(23-19)14-7-9-20-10-8-14/h7-11H,4-6H2,1-3H3,(H,21,22,23). The maximum absolute atomic E-state index is 5.31. The molecule has 0 bridgehead atoms. The second-order valence-electron chi connectivity index (χ2n) is 6.51. The Labute approximate surface area is 146 Å². The van der Waals surface area contributed by atoms with Crippen LogP contribution in [0.2, 0.25) is 0 Å². The Morgan fingerprint density at radius 3 is 2.64 bits per heavy atom. The van der Waals surface area contributed by atoms with E-state index in [4.69, 9.17) is 14.5 Å². The number of fused-ring (bicyclic) bond motifs is 1. The minimum absolute atomic E-state index is 0.0659. The van der Waals surface area contributed by atoms with Crippen LogP contribution in [0.15, 0.2) is 29.0 Å². The predicted molar refractivity (Wildman–Crippen MR) is 95.3 cm³/mol. The minimum Gasteiger partial charge on any atom is -0.363 e. The first kappa shape index (κ1) is 15.7. The van der Waals surface area contributed by atoms with Crippen LogP contribution < -0.4 is 5.32 Å². The van der Waals surface area contributed by atoms with Crippen LogP contribution >= 0.6 is 0 Å². The Balaban J connectivity index is 1.73. The molecule has 25 heavy (non-hydrogen) atoms. The zero-order valence-corrected chi connectivity index (χ0v) is 14.7. The summed E-state index contributed by atoms with van der Waals surface area (Å²) in [6.45, 7) is 6.03. The van der Waals surface area contributed by atoms with E-state index in [1.807, 2.05) is 26.0 Å². The van der Waals surface area contributed by atoms with Gasteiger partial charge in [-0.25, -0.2) is 9.97 Å². The molecule has 4 rings (SSSR count). The van der Waals surface area contributed by atoms with Crippen molar-refractivity contribution >= 4 is 5.82 Å². The molecule has 0 amide bonds. The molecule has 3 aromatic rings. The highest BCUT2D eigenvalue weighted by atomic mass is 16.5. The van der Waals surface area contributed by atoms with Crippen molar-refractivity contribution in [1.82, 2.24) is 20.1 Å². The Bertz CT molecular complexity index is 884. The van der Waals surface area contributed by atoms with Crippen molar-refractivity contribution in [3.63, 3.8) is 0 Å². The van der Waals surface area contributed by atoms with Crippen molar-refractivity contribution in [2.24, 2.45) is 0 Å². The van der Waals surface area contributed by atoms with Crippen LogP contribution in [0.25, 0.3) is 11.4 Å². The fraction of sp³-hybridized carbons (Fsp3) is 0.368. The van der Waals surface area contributed by atoms with E-state index in [0.29, 0.717) is 0 Å². The van der Waals surface area contributed by atoms with Crippen molar-refractivity contribution in [3.8, 4) is 11.4 Å². The van der Waals surface area contributed by atoms with Crippen molar-refractivity contribution in [2.45, 2.75) is 46.1 Å². The van der Waals surface area contributed by atoms with Gasteiger partial charge >= 0.3 is 0 Å². The van der Waals surface area contributed by atoms with Crippen LogP contribution in [-0.4, -0.2) is 20.1 Å². The molecular formula is C19H21N5O. The topological polar surface area (TPSA) is 76.7 Å². The van der Waals surface area contributed by atoms with Crippen LogP contribution in [0.4, 0.5) is 5.82 Å². The van der Waals surface area contributed by atoms with Gasteiger partial charge in [-0.1, -0.05) is 5.16 Å². The van der Waals surface area contributed by atoms with E-state index in [2.05, 4.69) is 22.4 Å². The molecule has 1 aliphatic rings. The highest BCUT2D eigenvalue weighted by Gasteiger charge is 2.23. The molecule has 3 heterocycles. The Hall–Kier alpha value is -2.76. The summed E-state index contributed by atoms with van der Waals surface area (Å²) < 4.78 is 5.31. The van der Waals surface area contributed by atoms with Gasteiger partial charge in [-0.3, -0.25) is 4.98 Å². The summed E-state index contributed by atoms with van der Waals surface area (Å²) in [6.07, 6.45) is 6.68. The Kier molecular flexibility index (Phi) is 3.95. The molecule has 0 saturated carbocycles. The number of rotatable bonds is 4. The van der Waals surface area contributed by atoms with Gasteiger partial charge in [0.2, 0.25) is 0 Å². The summed E-state index contributed by atoms with van der Waals surface area (Å²) in [6, 6.07) is 3.95.